The number of H-pyrrole nitrogens is 1. The van der Waals surface area contributed by atoms with Gasteiger partial charge in [0.05, 0.1) is 0 Å². The predicted molar refractivity (Wildman–Crippen MR) is 69.5 cm³/mol. The van der Waals surface area contributed by atoms with E-state index < -0.39 is 0 Å². The van der Waals surface area contributed by atoms with E-state index in [0.717, 1.165) is 18.5 Å². The van der Waals surface area contributed by atoms with Gasteiger partial charge in [-0.05, 0) is 30.2 Å². The normalized spacial score (nSPS) is 13.3. The Bertz CT molecular complexity index is 716. The van der Waals surface area contributed by atoms with Gasteiger partial charge in [0.2, 0.25) is 5.82 Å². The van der Waals surface area contributed by atoms with E-state index >= 15 is 0 Å². The van der Waals surface area contributed by atoms with Crippen LogP contribution in [0.15, 0.2) is 35.1 Å². The first kappa shape index (κ1) is 10.3. The van der Waals surface area contributed by atoms with E-state index in [1.165, 1.54) is 11.3 Å². The molecule has 6 heteroatoms. The number of anilines is 1. The second kappa shape index (κ2) is 3.94. The van der Waals surface area contributed by atoms with Gasteiger partial charge in [-0.2, -0.15) is 4.98 Å². The molecule has 0 saturated carbocycles. The van der Waals surface area contributed by atoms with Gasteiger partial charge in [-0.3, -0.25) is 0 Å². The minimum atomic E-state index is 0.471. The lowest BCUT2D eigenvalue weighted by atomic mass is 10.1. The van der Waals surface area contributed by atoms with Crippen LogP contribution in [0.1, 0.15) is 5.56 Å². The van der Waals surface area contributed by atoms with E-state index in [4.69, 9.17) is 4.52 Å². The number of imidazole rings is 1. The highest BCUT2D eigenvalue weighted by atomic mass is 16.5. The number of fused-ring (bicyclic) bond motifs is 1. The number of hydrogen-bond acceptors (Lipinski definition) is 5. The molecule has 1 aliphatic rings. The van der Waals surface area contributed by atoms with E-state index in [9.17, 15) is 0 Å². The van der Waals surface area contributed by atoms with Gasteiger partial charge in [0.15, 0.2) is 5.82 Å². The predicted octanol–water partition coefficient (Wildman–Crippen LogP) is 2.09. The maximum absolute atomic E-state index is 5.29. The first-order chi connectivity index (χ1) is 9.40. The van der Waals surface area contributed by atoms with Crippen LogP contribution >= 0.6 is 0 Å². The molecule has 0 unspecified atom stereocenters. The van der Waals surface area contributed by atoms with Crippen LogP contribution in [-0.2, 0) is 6.42 Å². The third kappa shape index (κ3) is 1.69. The molecule has 0 spiro atoms. The summed E-state index contributed by atoms with van der Waals surface area (Å²) in [6.45, 7) is 0.986. The topological polar surface area (TPSA) is 79.6 Å². The van der Waals surface area contributed by atoms with Crippen molar-refractivity contribution in [2.45, 2.75) is 6.42 Å². The van der Waals surface area contributed by atoms with Crippen LogP contribution in [0, 0.1) is 0 Å². The maximum Gasteiger partial charge on any atom is 0.258 e. The van der Waals surface area contributed by atoms with Gasteiger partial charge in [0.25, 0.3) is 5.89 Å². The quantitative estimate of drug-likeness (QED) is 0.731. The van der Waals surface area contributed by atoms with Gasteiger partial charge in [-0.25, -0.2) is 4.98 Å². The standard InChI is InChI=1S/C13H11N5O/c1-2-10-8(3-4-14-10)7-9(1)13-17-12(18-19-13)11-15-5-6-16-11/h1-2,5-7,14H,3-4H2,(H,15,16). The van der Waals surface area contributed by atoms with Gasteiger partial charge < -0.3 is 14.8 Å². The van der Waals surface area contributed by atoms with Crippen molar-refractivity contribution in [3.05, 3.63) is 36.2 Å². The Balaban J connectivity index is 1.73. The van der Waals surface area contributed by atoms with Gasteiger partial charge in [-0.15, -0.1) is 0 Å². The molecule has 0 fully saturated rings. The molecule has 0 radical (unpaired) electrons. The SMILES string of the molecule is c1c[nH]c(-c2noc(-c3ccc4c(c3)CCN4)n2)n1. The number of hydrogen-bond donors (Lipinski definition) is 2. The molecule has 3 heterocycles. The van der Waals surface area contributed by atoms with Crippen molar-refractivity contribution in [1.29, 1.82) is 0 Å². The van der Waals surface area contributed by atoms with Crippen molar-refractivity contribution in [2.75, 3.05) is 11.9 Å². The fourth-order valence-corrected chi connectivity index (χ4v) is 2.26. The van der Waals surface area contributed by atoms with Crippen molar-refractivity contribution >= 4 is 5.69 Å². The molecule has 4 rings (SSSR count). The van der Waals surface area contributed by atoms with E-state index in [2.05, 4.69) is 37.6 Å². The average Bonchev–Trinajstić information content (AvgIpc) is 3.18. The molecule has 94 valence electrons. The van der Waals surface area contributed by atoms with E-state index in [1.54, 1.807) is 12.4 Å². The lowest BCUT2D eigenvalue weighted by molar-refractivity contribution is 0.432. The molecule has 6 nitrogen and oxygen atoms in total. The summed E-state index contributed by atoms with van der Waals surface area (Å²) >= 11 is 0. The van der Waals surface area contributed by atoms with Crippen LogP contribution in [0.2, 0.25) is 0 Å². The Hall–Kier alpha value is -2.63. The zero-order chi connectivity index (χ0) is 12.7. The molecule has 0 bridgehead atoms. The summed E-state index contributed by atoms with van der Waals surface area (Å²) in [4.78, 5) is 11.4. The first-order valence-electron chi connectivity index (χ1n) is 6.11. The van der Waals surface area contributed by atoms with E-state index in [-0.39, 0.29) is 0 Å². The highest BCUT2D eigenvalue weighted by Gasteiger charge is 2.15. The number of nitrogens with one attached hydrogen (secondary N) is 2. The van der Waals surface area contributed by atoms with Gasteiger partial charge in [0.1, 0.15) is 0 Å². The summed E-state index contributed by atoms with van der Waals surface area (Å²) in [7, 11) is 0. The summed E-state index contributed by atoms with van der Waals surface area (Å²) < 4.78 is 5.29. The molecule has 1 aromatic carbocycles. The van der Waals surface area contributed by atoms with Crippen LogP contribution in [0.25, 0.3) is 23.1 Å². The van der Waals surface area contributed by atoms with Crippen molar-refractivity contribution in [3.63, 3.8) is 0 Å². The number of aromatic nitrogens is 4. The lowest BCUT2D eigenvalue weighted by Gasteiger charge is -2.00. The second-order valence-electron chi connectivity index (χ2n) is 4.41. The summed E-state index contributed by atoms with van der Waals surface area (Å²) in [6, 6.07) is 6.12. The smallest absolute Gasteiger partial charge is 0.258 e. The Morgan fingerprint density at radius 2 is 2.26 bits per heavy atom. The van der Waals surface area contributed by atoms with Crippen molar-refractivity contribution in [1.82, 2.24) is 20.1 Å². The van der Waals surface area contributed by atoms with E-state index in [0.29, 0.717) is 17.5 Å². The number of nitrogens with zero attached hydrogens (tertiary/aromatic N) is 3. The third-order valence-electron chi connectivity index (χ3n) is 3.20. The third-order valence-corrected chi connectivity index (χ3v) is 3.20. The molecular weight excluding hydrogens is 242 g/mol. The highest BCUT2D eigenvalue weighted by molar-refractivity contribution is 5.65. The molecular formula is C13H11N5O. The summed E-state index contributed by atoms with van der Waals surface area (Å²) in [5.74, 6) is 1.59. The van der Waals surface area contributed by atoms with Crippen molar-refractivity contribution in [3.8, 4) is 23.1 Å². The lowest BCUT2D eigenvalue weighted by Crippen LogP contribution is -1.90. The average molecular weight is 253 g/mol. The van der Waals surface area contributed by atoms with E-state index in [1.807, 2.05) is 6.07 Å². The van der Waals surface area contributed by atoms with Gasteiger partial charge in [0, 0.05) is 30.2 Å². The second-order valence-corrected chi connectivity index (χ2v) is 4.41. The van der Waals surface area contributed by atoms with Crippen molar-refractivity contribution < 1.29 is 4.52 Å². The molecule has 0 saturated heterocycles. The minimum Gasteiger partial charge on any atom is -0.384 e. The van der Waals surface area contributed by atoms with Gasteiger partial charge in [-0.1, -0.05) is 5.16 Å². The first-order valence-corrected chi connectivity index (χ1v) is 6.11. The monoisotopic (exact) mass is 253 g/mol. The van der Waals surface area contributed by atoms with Crippen LogP contribution < -0.4 is 5.32 Å². The van der Waals surface area contributed by atoms with Crippen LogP contribution in [0.5, 0.6) is 0 Å². The minimum absolute atomic E-state index is 0.471. The zero-order valence-corrected chi connectivity index (χ0v) is 10.1. The molecule has 0 amide bonds. The van der Waals surface area contributed by atoms with Crippen LogP contribution in [-0.4, -0.2) is 26.7 Å². The largest absolute Gasteiger partial charge is 0.384 e. The Labute approximate surface area is 108 Å². The molecule has 3 aromatic rings. The fraction of sp³-hybridized carbons (Fsp3) is 0.154. The molecule has 2 N–H and O–H groups in total. The summed E-state index contributed by atoms with van der Waals surface area (Å²) in [5.41, 5.74) is 3.41. The fourth-order valence-electron chi connectivity index (χ4n) is 2.26. The molecule has 19 heavy (non-hydrogen) atoms. The number of benzene rings is 1. The van der Waals surface area contributed by atoms with Crippen LogP contribution in [0.4, 0.5) is 5.69 Å². The Morgan fingerprint density at radius 1 is 1.26 bits per heavy atom. The summed E-state index contributed by atoms with van der Waals surface area (Å²) in [5, 5.41) is 7.26. The maximum atomic E-state index is 5.29. The molecule has 0 aliphatic carbocycles. The molecule has 1 aliphatic heterocycles. The van der Waals surface area contributed by atoms with Crippen LogP contribution in [0.3, 0.4) is 0 Å². The zero-order valence-electron chi connectivity index (χ0n) is 10.1. The number of aromatic amines is 1. The highest BCUT2D eigenvalue weighted by Crippen LogP contribution is 2.28. The van der Waals surface area contributed by atoms with Crippen molar-refractivity contribution in [2.24, 2.45) is 0 Å². The molecule has 2 aromatic heterocycles. The Kier molecular flexibility index (Phi) is 2.14. The Morgan fingerprint density at radius 3 is 3.16 bits per heavy atom. The van der Waals surface area contributed by atoms with Gasteiger partial charge >= 0.3 is 0 Å². The summed E-state index contributed by atoms with van der Waals surface area (Å²) in [6.07, 6.45) is 4.42. The molecule has 0 atom stereocenters. The number of rotatable bonds is 2.